The highest BCUT2D eigenvalue weighted by molar-refractivity contribution is 5.89. The quantitative estimate of drug-likeness (QED) is 0.770. The second kappa shape index (κ2) is 4.60. The van der Waals surface area contributed by atoms with Gasteiger partial charge in [-0.15, -0.1) is 0 Å². The molecule has 1 aromatic heterocycles. The lowest BCUT2D eigenvalue weighted by Gasteiger charge is -2.02. The van der Waals surface area contributed by atoms with Gasteiger partial charge in [-0.25, -0.2) is 4.98 Å². The maximum atomic E-state index is 11.1. The molecule has 0 radical (unpaired) electrons. The van der Waals surface area contributed by atoms with Gasteiger partial charge in [0.05, 0.1) is 0 Å². The van der Waals surface area contributed by atoms with Crippen LogP contribution in [0.1, 0.15) is 25.3 Å². The molecule has 3 nitrogen and oxygen atoms in total. The topological polar surface area (TPSA) is 42.0 Å². The van der Waals surface area contributed by atoms with E-state index in [1.807, 2.05) is 26.0 Å². The van der Waals surface area contributed by atoms with Crippen LogP contribution in [-0.2, 0) is 4.79 Å². The summed E-state index contributed by atoms with van der Waals surface area (Å²) in [7, 11) is 0. The van der Waals surface area contributed by atoms with Crippen LogP contribution in [0, 0.1) is 6.92 Å². The van der Waals surface area contributed by atoms with Crippen LogP contribution in [0.4, 0.5) is 5.82 Å². The number of nitrogens with zero attached hydrogens (tertiary/aromatic N) is 1. The van der Waals surface area contributed by atoms with E-state index in [9.17, 15) is 4.79 Å². The maximum Gasteiger partial charge on any atom is 0.225 e. The second-order valence-electron chi connectivity index (χ2n) is 3.02. The highest BCUT2D eigenvalue weighted by Gasteiger charge is 2.00. The number of hydrogen-bond donors (Lipinski definition) is 1. The fourth-order valence-corrected chi connectivity index (χ4v) is 0.974. The van der Waals surface area contributed by atoms with E-state index >= 15 is 0 Å². The average molecular weight is 178 g/mol. The summed E-state index contributed by atoms with van der Waals surface area (Å²) in [5.74, 6) is 0.655. The summed E-state index contributed by atoms with van der Waals surface area (Å²) < 4.78 is 0. The molecule has 13 heavy (non-hydrogen) atoms. The Balaban J connectivity index is 2.54. The number of aryl methyl sites for hydroxylation is 1. The van der Waals surface area contributed by atoms with Crippen molar-refractivity contribution in [3.8, 4) is 0 Å². The number of anilines is 1. The Morgan fingerprint density at radius 3 is 2.85 bits per heavy atom. The molecule has 1 N–H and O–H groups in total. The molecular formula is C10H14N2O. The summed E-state index contributed by atoms with van der Waals surface area (Å²) >= 11 is 0. The molecule has 1 amide bonds. The van der Waals surface area contributed by atoms with Crippen molar-refractivity contribution in [2.24, 2.45) is 0 Å². The van der Waals surface area contributed by atoms with Crippen LogP contribution in [-0.4, -0.2) is 10.9 Å². The number of rotatable bonds is 3. The van der Waals surface area contributed by atoms with Gasteiger partial charge in [0.2, 0.25) is 5.91 Å². The summed E-state index contributed by atoms with van der Waals surface area (Å²) in [6.07, 6.45) is 3.15. The van der Waals surface area contributed by atoms with E-state index in [4.69, 9.17) is 0 Å². The van der Waals surface area contributed by atoms with Gasteiger partial charge >= 0.3 is 0 Å². The van der Waals surface area contributed by atoms with Gasteiger partial charge in [0.15, 0.2) is 0 Å². The molecule has 0 spiro atoms. The van der Waals surface area contributed by atoms with E-state index in [0.29, 0.717) is 12.2 Å². The molecule has 0 aromatic carbocycles. The molecule has 0 aliphatic heterocycles. The largest absolute Gasteiger partial charge is 0.311 e. The summed E-state index contributed by atoms with van der Waals surface area (Å²) in [5.41, 5.74) is 1.09. The number of carbonyl (C=O) groups is 1. The molecule has 0 bridgehead atoms. The van der Waals surface area contributed by atoms with Crippen LogP contribution in [0.15, 0.2) is 18.3 Å². The third kappa shape index (κ3) is 3.23. The Morgan fingerprint density at radius 2 is 2.31 bits per heavy atom. The van der Waals surface area contributed by atoms with Gasteiger partial charge in [-0.2, -0.15) is 0 Å². The van der Waals surface area contributed by atoms with Gasteiger partial charge in [0.1, 0.15) is 5.82 Å². The molecule has 0 atom stereocenters. The van der Waals surface area contributed by atoms with Gasteiger partial charge in [0, 0.05) is 12.6 Å². The van der Waals surface area contributed by atoms with Crippen LogP contribution in [0.5, 0.6) is 0 Å². The van der Waals surface area contributed by atoms with E-state index in [0.717, 1.165) is 12.0 Å². The minimum Gasteiger partial charge on any atom is -0.311 e. The van der Waals surface area contributed by atoms with Crippen molar-refractivity contribution in [3.63, 3.8) is 0 Å². The van der Waals surface area contributed by atoms with Crippen molar-refractivity contribution >= 4 is 11.7 Å². The van der Waals surface area contributed by atoms with E-state index in [1.54, 1.807) is 6.20 Å². The number of aromatic nitrogens is 1. The second-order valence-corrected chi connectivity index (χ2v) is 3.02. The molecule has 0 unspecified atom stereocenters. The van der Waals surface area contributed by atoms with Crippen molar-refractivity contribution in [2.75, 3.05) is 5.32 Å². The SMILES string of the molecule is CCCC(=O)Nc1ccc(C)cn1. The average Bonchev–Trinajstić information content (AvgIpc) is 2.09. The van der Waals surface area contributed by atoms with Gasteiger partial charge < -0.3 is 5.32 Å². The summed E-state index contributed by atoms with van der Waals surface area (Å²) in [4.78, 5) is 15.2. The van der Waals surface area contributed by atoms with Gasteiger partial charge in [0.25, 0.3) is 0 Å². The first-order chi connectivity index (χ1) is 6.22. The number of hydrogen-bond acceptors (Lipinski definition) is 2. The van der Waals surface area contributed by atoms with Crippen LogP contribution in [0.3, 0.4) is 0 Å². The minimum absolute atomic E-state index is 0.0267. The predicted octanol–water partition coefficient (Wildman–Crippen LogP) is 2.13. The fraction of sp³-hybridized carbons (Fsp3) is 0.400. The van der Waals surface area contributed by atoms with Crippen LogP contribution in [0.25, 0.3) is 0 Å². The summed E-state index contributed by atoms with van der Waals surface area (Å²) in [5, 5.41) is 2.72. The smallest absolute Gasteiger partial charge is 0.225 e. The lowest BCUT2D eigenvalue weighted by atomic mass is 10.3. The molecule has 70 valence electrons. The molecule has 0 fully saturated rings. The highest BCUT2D eigenvalue weighted by Crippen LogP contribution is 2.04. The Hall–Kier alpha value is -1.38. The van der Waals surface area contributed by atoms with Gasteiger partial charge in [-0.1, -0.05) is 13.0 Å². The maximum absolute atomic E-state index is 11.1. The van der Waals surface area contributed by atoms with Crippen molar-refractivity contribution in [2.45, 2.75) is 26.7 Å². The first-order valence-electron chi connectivity index (χ1n) is 4.45. The lowest BCUT2D eigenvalue weighted by molar-refractivity contribution is -0.116. The first-order valence-corrected chi connectivity index (χ1v) is 4.45. The van der Waals surface area contributed by atoms with Crippen LogP contribution < -0.4 is 5.32 Å². The van der Waals surface area contributed by atoms with E-state index in [1.165, 1.54) is 0 Å². The van der Waals surface area contributed by atoms with Crippen molar-refractivity contribution in [1.29, 1.82) is 0 Å². The Morgan fingerprint density at radius 1 is 1.54 bits per heavy atom. The zero-order valence-corrected chi connectivity index (χ0v) is 8.00. The fourth-order valence-electron chi connectivity index (χ4n) is 0.974. The zero-order chi connectivity index (χ0) is 9.68. The molecule has 0 aliphatic rings. The first kappa shape index (κ1) is 9.71. The van der Waals surface area contributed by atoms with Crippen LogP contribution in [0.2, 0.25) is 0 Å². The number of carbonyl (C=O) groups excluding carboxylic acids is 1. The Bertz CT molecular complexity index is 279. The molecular weight excluding hydrogens is 164 g/mol. The number of amides is 1. The minimum atomic E-state index is 0.0267. The molecule has 3 heteroatoms. The van der Waals surface area contributed by atoms with Crippen molar-refractivity contribution in [3.05, 3.63) is 23.9 Å². The lowest BCUT2D eigenvalue weighted by Crippen LogP contribution is -2.11. The van der Waals surface area contributed by atoms with Crippen molar-refractivity contribution < 1.29 is 4.79 Å². The third-order valence-corrected chi connectivity index (χ3v) is 1.66. The zero-order valence-electron chi connectivity index (χ0n) is 8.00. The normalized spacial score (nSPS) is 9.69. The number of nitrogens with one attached hydrogen (secondary N) is 1. The monoisotopic (exact) mass is 178 g/mol. The standard InChI is InChI=1S/C10H14N2O/c1-3-4-10(13)12-9-6-5-8(2)7-11-9/h5-7H,3-4H2,1-2H3,(H,11,12,13). The van der Waals surface area contributed by atoms with E-state index < -0.39 is 0 Å². The molecule has 1 heterocycles. The van der Waals surface area contributed by atoms with Gasteiger partial charge in [-0.05, 0) is 25.0 Å². The molecule has 1 rings (SSSR count). The van der Waals surface area contributed by atoms with E-state index in [-0.39, 0.29) is 5.91 Å². The van der Waals surface area contributed by atoms with Crippen LogP contribution >= 0.6 is 0 Å². The van der Waals surface area contributed by atoms with Gasteiger partial charge in [-0.3, -0.25) is 4.79 Å². The Kier molecular flexibility index (Phi) is 3.43. The number of pyridine rings is 1. The summed E-state index contributed by atoms with van der Waals surface area (Å²) in [6.45, 7) is 3.94. The molecule has 1 aromatic rings. The summed E-state index contributed by atoms with van der Waals surface area (Å²) in [6, 6.07) is 3.73. The molecule has 0 aliphatic carbocycles. The molecule has 0 saturated heterocycles. The Labute approximate surface area is 78.2 Å². The third-order valence-electron chi connectivity index (χ3n) is 1.66. The highest BCUT2D eigenvalue weighted by atomic mass is 16.1. The van der Waals surface area contributed by atoms with Crippen molar-refractivity contribution in [1.82, 2.24) is 4.98 Å². The molecule has 0 saturated carbocycles. The predicted molar refractivity (Wildman–Crippen MR) is 52.5 cm³/mol. The van der Waals surface area contributed by atoms with E-state index in [2.05, 4.69) is 10.3 Å².